The predicted octanol–water partition coefficient (Wildman–Crippen LogP) is 0.462. The lowest BCUT2D eigenvalue weighted by atomic mass is 10.3. The van der Waals surface area contributed by atoms with E-state index in [0.717, 1.165) is 0 Å². The molecule has 0 aliphatic rings. The van der Waals surface area contributed by atoms with Crippen molar-refractivity contribution < 1.29 is 12.6 Å². The average molecular weight is 293 g/mol. The maximum absolute atomic E-state index is 12.0. The Bertz CT molecular complexity index is 517. The van der Waals surface area contributed by atoms with Gasteiger partial charge in [0, 0.05) is 28.9 Å². The van der Waals surface area contributed by atoms with Crippen LogP contribution in [-0.4, -0.2) is 40.9 Å². The number of aromatic nitrogens is 2. The largest absolute Gasteiger partial charge is 0.281 e. The van der Waals surface area contributed by atoms with E-state index in [1.807, 2.05) is 6.92 Å². The maximum atomic E-state index is 12.0. The monoisotopic (exact) mass is 293 g/mol. The zero-order chi connectivity index (χ0) is 13.9. The van der Waals surface area contributed by atoms with E-state index in [-0.39, 0.29) is 16.7 Å². The molecule has 2 unspecified atom stereocenters. The third-order valence-electron chi connectivity index (χ3n) is 2.74. The highest BCUT2D eigenvalue weighted by Crippen LogP contribution is 2.16. The number of hydrogen-bond donors (Lipinski definition) is 2. The molecule has 8 heteroatoms. The fourth-order valence-corrected chi connectivity index (χ4v) is 3.44. The van der Waals surface area contributed by atoms with Gasteiger partial charge in [0.05, 0.1) is 11.4 Å². The molecule has 0 fully saturated rings. The third kappa shape index (κ3) is 3.63. The molecule has 0 aliphatic carbocycles. The van der Waals surface area contributed by atoms with E-state index in [2.05, 4.69) is 14.9 Å². The Labute approximate surface area is 110 Å². The fraction of sp³-hybridized carbons (Fsp3) is 0.700. The van der Waals surface area contributed by atoms with Crippen molar-refractivity contribution in [2.75, 3.05) is 12.8 Å². The number of aromatic amines is 1. The molecule has 2 N–H and O–H groups in total. The Balaban J connectivity index is 2.70. The number of hydrogen-bond acceptors (Lipinski definition) is 4. The van der Waals surface area contributed by atoms with Gasteiger partial charge in [-0.25, -0.2) is 13.1 Å². The fourth-order valence-electron chi connectivity index (χ4n) is 1.57. The van der Waals surface area contributed by atoms with Crippen molar-refractivity contribution in [2.24, 2.45) is 0 Å². The molecule has 0 saturated carbocycles. The van der Waals surface area contributed by atoms with Gasteiger partial charge in [0.15, 0.2) is 0 Å². The number of rotatable bonds is 6. The molecule has 0 spiro atoms. The zero-order valence-electron chi connectivity index (χ0n) is 11.0. The van der Waals surface area contributed by atoms with Crippen molar-refractivity contribution in [1.82, 2.24) is 14.9 Å². The van der Waals surface area contributed by atoms with E-state index in [1.165, 1.54) is 0 Å². The summed E-state index contributed by atoms with van der Waals surface area (Å²) < 4.78 is 37.7. The van der Waals surface area contributed by atoms with E-state index in [1.54, 1.807) is 20.1 Å². The van der Waals surface area contributed by atoms with Crippen LogP contribution in [0.5, 0.6) is 0 Å². The van der Waals surface area contributed by atoms with Crippen molar-refractivity contribution >= 4 is 20.8 Å². The van der Waals surface area contributed by atoms with Gasteiger partial charge in [-0.3, -0.25) is 9.31 Å². The third-order valence-corrected chi connectivity index (χ3v) is 5.83. The van der Waals surface area contributed by atoms with Gasteiger partial charge in [0.2, 0.25) is 10.0 Å². The van der Waals surface area contributed by atoms with Gasteiger partial charge in [-0.1, -0.05) is 6.92 Å². The molecule has 6 nitrogen and oxygen atoms in total. The van der Waals surface area contributed by atoms with Crippen LogP contribution >= 0.6 is 0 Å². The number of aryl methyl sites for hydroxylation is 2. The molecular weight excluding hydrogens is 274 g/mol. The Morgan fingerprint density at radius 3 is 2.50 bits per heavy atom. The first kappa shape index (κ1) is 15.3. The summed E-state index contributed by atoms with van der Waals surface area (Å²) in [7, 11) is -4.48. The first-order valence-electron chi connectivity index (χ1n) is 5.59. The number of nitrogens with zero attached hydrogens (tertiary/aromatic N) is 1. The molecule has 104 valence electrons. The van der Waals surface area contributed by atoms with E-state index in [4.69, 9.17) is 0 Å². The SMILES string of the molecule is Cc1n[nH]c(C)c1S(=O)(=O)NCCC(C)S(C)=O. The summed E-state index contributed by atoms with van der Waals surface area (Å²) >= 11 is 0. The van der Waals surface area contributed by atoms with Gasteiger partial charge in [-0.2, -0.15) is 5.10 Å². The van der Waals surface area contributed by atoms with Crippen LogP contribution in [0.4, 0.5) is 0 Å². The molecule has 0 bridgehead atoms. The standard InChI is InChI=1S/C10H19N3O3S2/c1-7(17(4)14)5-6-11-18(15,16)10-8(2)12-13-9(10)3/h7,11H,5-6H2,1-4H3,(H,12,13). The first-order valence-corrected chi connectivity index (χ1v) is 8.69. The van der Waals surface area contributed by atoms with Crippen LogP contribution in [0.3, 0.4) is 0 Å². The van der Waals surface area contributed by atoms with Crippen LogP contribution in [0.15, 0.2) is 4.90 Å². The normalized spacial score (nSPS) is 15.6. The first-order chi connectivity index (χ1) is 8.25. The van der Waals surface area contributed by atoms with Crippen molar-refractivity contribution in [3.05, 3.63) is 11.4 Å². The Morgan fingerprint density at radius 1 is 1.44 bits per heavy atom. The Morgan fingerprint density at radius 2 is 2.06 bits per heavy atom. The highest BCUT2D eigenvalue weighted by Gasteiger charge is 2.21. The van der Waals surface area contributed by atoms with Gasteiger partial charge in [0.25, 0.3) is 0 Å². The minimum absolute atomic E-state index is 0.0285. The summed E-state index contributed by atoms with van der Waals surface area (Å²) in [6.07, 6.45) is 2.15. The van der Waals surface area contributed by atoms with Crippen LogP contribution in [0.2, 0.25) is 0 Å². The summed E-state index contributed by atoms with van der Waals surface area (Å²) in [6.45, 7) is 5.41. The van der Waals surface area contributed by atoms with Gasteiger partial charge < -0.3 is 0 Å². The summed E-state index contributed by atoms with van der Waals surface area (Å²) in [4.78, 5) is 0.202. The molecule has 18 heavy (non-hydrogen) atoms. The predicted molar refractivity (Wildman–Crippen MR) is 71.4 cm³/mol. The zero-order valence-corrected chi connectivity index (χ0v) is 12.6. The summed E-state index contributed by atoms with van der Waals surface area (Å²) in [5.41, 5.74) is 0.972. The lowest BCUT2D eigenvalue weighted by molar-refractivity contribution is 0.576. The number of nitrogens with one attached hydrogen (secondary N) is 2. The summed E-state index contributed by atoms with van der Waals surface area (Å²) in [5.74, 6) is 0. The van der Waals surface area contributed by atoms with E-state index in [9.17, 15) is 12.6 Å². The lowest BCUT2D eigenvalue weighted by Crippen LogP contribution is -2.28. The minimum Gasteiger partial charge on any atom is -0.281 e. The quantitative estimate of drug-likeness (QED) is 0.797. The van der Waals surface area contributed by atoms with Gasteiger partial charge in [-0.05, 0) is 20.3 Å². The molecule has 0 saturated heterocycles. The second kappa shape index (κ2) is 5.94. The summed E-state index contributed by atoms with van der Waals surface area (Å²) in [6, 6.07) is 0. The lowest BCUT2D eigenvalue weighted by Gasteiger charge is -2.10. The summed E-state index contributed by atoms with van der Waals surface area (Å²) in [5, 5.41) is 6.48. The molecule has 1 rings (SSSR count). The van der Waals surface area contributed by atoms with Crippen LogP contribution < -0.4 is 4.72 Å². The van der Waals surface area contributed by atoms with Crippen molar-refractivity contribution in [3.8, 4) is 0 Å². The molecular formula is C10H19N3O3S2. The van der Waals surface area contributed by atoms with E-state index >= 15 is 0 Å². The highest BCUT2D eigenvalue weighted by molar-refractivity contribution is 7.89. The highest BCUT2D eigenvalue weighted by atomic mass is 32.2. The molecule has 0 aliphatic heterocycles. The number of H-pyrrole nitrogens is 1. The van der Waals surface area contributed by atoms with Crippen LogP contribution in [0.1, 0.15) is 24.7 Å². The molecule has 1 aromatic rings. The van der Waals surface area contributed by atoms with Crippen LogP contribution in [0.25, 0.3) is 0 Å². The van der Waals surface area contributed by atoms with Crippen molar-refractivity contribution in [3.63, 3.8) is 0 Å². The molecule has 0 aromatic carbocycles. The maximum Gasteiger partial charge on any atom is 0.244 e. The van der Waals surface area contributed by atoms with Crippen molar-refractivity contribution in [1.29, 1.82) is 0 Å². The topological polar surface area (TPSA) is 91.9 Å². The van der Waals surface area contributed by atoms with Crippen LogP contribution in [-0.2, 0) is 20.8 Å². The van der Waals surface area contributed by atoms with Crippen LogP contribution in [0, 0.1) is 13.8 Å². The second-order valence-electron chi connectivity index (χ2n) is 4.26. The van der Waals surface area contributed by atoms with Crippen molar-refractivity contribution in [2.45, 2.75) is 37.3 Å². The van der Waals surface area contributed by atoms with Gasteiger partial charge >= 0.3 is 0 Å². The smallest absolute Gasteiger partial charge is 0.244 e. The molecule has 1 heterocycles. The molecule has 1 aromatic heterocycles. The van der Waals surface area contributed by atoms with E-state index < -0.39 is 20.8 Å². The number of sulfonamides is 1. The Hall–Kier alpha value is -0.730. The van der Waals surface area contributed by atoms with Gasteiger partial charge in [-0.15, -0.1) is 0 Å². The molecule has 2 atom stereocenters. The molecule has 0 amide bonds. The average Bonchev–Trinajstić information content (AvgIpc) is 2.58. The van der Waals surface area contributed by atoms with E-state index in [0.29, 0.717) is 17.8 Å². The Kier molecular flexibility index (Phi) is 5.06. The second-order valence-corrected chi connectivity index (χ2v) is 7.76. The molecule has 0 radical (unpaired) electrons. The van der Waals surface area contributed by atoms with Gasteiger partial charge in [0.1, 0.15) is 4.90 Å². The minimum atomic E-state index is -3.54.